The Morgan fingerprint density at radius 3 is 2.40 bits per heavy atom. The second-order valence-corrected chi connectivity index (χ2v) is 2.77. The highest BCUT2D eigenvalue weighted by molar-refractivity contribution is 5.57. The summed E-state index contributed by atoms with van der Waals surface area (Å²) in [5.41, 5.74) is 5.59. The summed E-state index contributed by atoms with van der Waals surface area (Å²) in [4.78, 5) is 10.3. The number of nitrogens with one attached hydrogen (secondary N) is 2. The summed E-state index contributed by atoms with van der Waals surface area (Å²) in [5.74, 6) is 0.552. The van der Waals surface area contributed by atoms with E-state index in [4.69, 9.17) is 0 Å². The van der Waals surface area contributed by atoms with Gasteiger partial charge in [-0.05, 0) is 19.4 Å². The standard InChI is InChI=1S/C7H16N2O/c1-6(2)4-7(5-10)9-8-3/h5-9H,4H2,1-3H3/t7-/m0/s1. The molecule has 0 radical (unpaired) electrons. The third-order valence-corrected chi connectivity index (χ3v) is 1.22. The van der Waals surface area contributed by atoms with Crippen LogP contribution in [0.25, 0.3) is 0 Å². The lowest BCUT2D eigenvalue weighted by molar-refractivity contribution is -0.110. The number of carbonyl (C=O) groups excluding carboxylic acids is 1. The lowest BCUT2D eigenvalue weighted by Gasteiger charge is -2.12. The molecule has 2 N–H and O–H groups in total. The number of aldehydes is 1. The molecule has 0 rings (SSSR count). The molecule has 0 saturated carbocycles. The zero-order valence-electron chi connectivity index (χ0n) is 6.85. The molecule has 0 fully saturated rings. The van der Waals surface area contributed by atoms with Crippen LogP contribution in [0.4, 0.5) is 0 Å². The number of hydrogen-bond donors (Lipinski definition) is 2. The van der Waals surface area contributed by atoms with E-state index in [0.29, 0.717) is 5.92 Å². The van der Waals surface area contributed by atoms with E-state index in [1.54, 1.807) is 7.05 Å². The van der Waals surface area contributed by atoms with E-state index >= 15 is 0 Å². The van der Waals surface area contributed by atoms with Crippen LogP contribution >= 0.6 is 0 Å². The molecule has 0 aliphatic heterocycles. The molecule has 0 saturated heterocycles. The summed E-state index contributed by atoms with van der Waals surface area (Å²) in [5, 5.41) is 0. The molecule has 0 spiro atoms. The quantitative estimate of drug-likeness (QED) is 0.431. The smallest absolute Gasteiger partial charge is 0.138 e. The molecule has 0 aromatic heterocycles. The Bertz CT molecular complexity index is 93.6. The molecule has 3 heteroatoms. The third kappa shape index (κ3) is 4.47. The SMILES string of the molecule is CNN[C@H](C=O)CC(C)C. The second-order valence-electron chi connectivity index (χ2n) is 2.77. The molecule has 0 heterocycles. The van der Waals surface area contributed by atoms with E-state index < -0.39 is 0 Å². The first-order valence-electron chi connectivity index (χ1n) is 3.58. The van der Waals surface area contributed by atoms with Crippen LogP contribution in [0, 0.1) is 5.92 Å². The first-order chi connectivity index (χ1) is 4.70. The predicted octanol–water partition coefficient (Wildman–Crippen LogP) is 0.324. The first-order valence-corrected chi connectivity index (χ1v) is 3.58. The maximum absolute atomic E-state index is 10.3. The van der Waals surface area contributed by atoms with E-state index in [-0.39, 0.29) is 6.04 Å². The zero-order chi connectivity index (χ0) is 7.98. The highest BCUT2D eigenvalue weighted by Gasteiger charge is 2.06. The Balaban J connectivity index is 3.49. The fraction of sp³-hybridized carbons (Fsp3) is 0.857. The van der Waals surface area contributed by atoms with Crippen molar-refractivity contribution in [3.8, 4) is 0 Å². The average Bonchev–Trinajstić information content (AvgIpc) is 1.86. The number of hydrogen-bond acceptors (Lipinski definition) is 3. The molecule has 1 atom stereocenters. The summed E-state index contributed by atoms with van der Waals surface area (Å²) in [6, 6.07) is -0.0509. The van der Waals surface area contributed by atoms with Crippen molar-refractivity contribution < 1.29 is 4.79 Å². The average molecular weight is 144 g/mol. The maximum Gasteiger partial charge on any atom is 0.138 e. The maximum atomic E-state index is 10.3. The van der Waals surface area contributed by atoms with Gasteiger partial charge in [0, 0.05) is 0 Å². The first kappa shape index (κ1) is 9.59. The van der Waals surface area contributed by atoms with Gasteiger partial charge in [-0.15, -0.1) is 0 Å². The molecule has 0 aliphatic rings. The van der Waals surface area contributed by atoms with Gasteiger partial charge in [0.15, 0.2) is 0 Å². The van der Waals surface area contributed by atoms with Gasteiger partial charge in [-0.25, -0.2) is 5.43 Å². The van der Waals surface area contributed by atoms with Gasteiger partial charge >= 0.3 is 0 Å². The molecule has 0 amide bonds. The summed E-state index contributed by atoms with van der Waals surface area (Å²) >= 11 is 0. The molecule has 0 bridgehead atoms. The van der Waals surface area contributed by atoms with Crippen LogP contribution in [0.5, 0.6) is 0 Å². The highest BCUT2D eigenvalue weighted by Crippen LogP contribution is 2.01. The van der Waals surface area contributed by atoms with Gasteiger partial charge in [0.25, 0.3) is 0 Å². The zero-order valence-corrected chi connectivity index (χ0v) is 6.85. The second kappa shape index (κ2) is 5.38. The minimum absolute atomic E-state index is 0.0509. The fourth-order valence-corrected chi connectivity index (χ4v) is 0.842. The van der Waals surface area contributed by atoms with E-state index in [1.165, 1.54) is 0 Å². The third-order valence-electron chi connectivity index (χ3n) is 1.22. The van der Waals surface area contributed by atoms with Crippen LogP contribution in [0.15, 0.2) is 0 Å². The van der Waals surface area contributed by atoms with Gasteiger partial charge in [-0.2, -0.15) is 0 Å². The minimum atomic E-state index is -0.0509. The van der Waals surface area contributed by atoms with Crippen molar-refractivity contribution in [2.45, 2.75) is 26.3 Å². The van der Waals surface area contributed by atoms with Crippen LogP contribution in [0.2, 0.25) is 0 Å². The largest absolute Gasteiger partial charge is 0.302 e. The highest BCUT2D eigenvalue weighted by atomic mass is 16.1. The predicted molar refractivity (Wildman–Crippen MR) is 41.5 cm³/mol. The number of hydrazine groups is 1. The summed E-state index contributed by atoms with van der Waals surface area (Å²) in [7, 11) is 1.76. The van der Waals surface area contributed by atoms with Crippen molar-refractivity contribution in [1.82, 2.24) is 10.9 Å². The molecule has 0 aromatic carbocycles. The number of carbonyl (C=O) groups is 1. The van der Waals surface area contributed by atoms with Crippen LogP contribution in [-0.4, -0.2) is 19.4 Å². The molecule has 60 valence electrons. The molecule has 0 aromatic rings. The Morgan fingerprint density at radius 1 is 1.50 bits per heavy atom. The van der Waals surface area contributed by atoms with Crippen molar-refractivity contribution in [2.24, 2.45) is 5.92 Å². The van der Waals surface area contributed by atoms with E-state index in [1.807, 2.05) is 0 Å². The Labute approximate surface area is 62.2 Å². The van der Waals surface area contributed by atoms with Gasteiger partial charge in [0.05, 0.1) is 6.04 Å². The van der Waals surface area contributed by atoms with Crippen molar-refractivity contribution >= 4 is 6.29 Å². The fourth-order valence-electron chi connectivity index (χ4n) is 0.842. The van der Waals surface area contributed by atoms with E-state index in [2.05, 4.69) is 24.7 Å². The van der Waals surface area contributed by atoms with Gasteiger partial charge in [-0.1, -0.05) is 13.8 Å². The van der Waals surface area contributed by atoms with Crippen molar-refractivity contribution in [3.63, 3.8) is 0 Å². The molecule has 3 nitrogen and oxygen atoms in total. The van der Waals surface area contributed by atoms with Gasteiger partial charge in [-0.3, -0.25) is 5.43 Å². The molecule has 10 heavy (non-hydrogen) atoms. The van der Waals surface area contributed by atoms with Crippen LogP contribution < -0.4 is 10.9 Å². The van der Waals surface area contributed by atoms with Crippen molar-refractivity contribution in [2.75, 3.05) is 7.05 Å². The monoisotopic (exact) mass is 144 g/mol. The minimum Gasteiger partial charge on any atom is -0.302 e. The lowest BCUT2D eigenvalue weighted by atomic mass is 10.1. The van der Waals surface area contributed by atoms with Crippen LogP contribution in [-0.2, 0) is 4.79 Å². The summed E-state index contributed by atoms with van der Waals surface area (Å²) < 4.78 is 0. The number of rotatable bonds is 5. The van der Waals surface area contributed by atoms with E-state index in [9.17, 15) is 4.79 Å². The van der Waals surface area contributed by atoms with Gasteiger partial charge in [0.1, 0.15) is 6.29 Å². The van der Waals surface area contributed by atoms with Crippen molar-refractivity contribution in [3.05, 3.63) is 0 Å². The molecular weight excluding hydrogens is 128 g/mol. The molecular formula is C7H16N2O. The lowest BCUT2D eigenvalue weighted by Crippen LogP contribution is -2.40. The van der Waals surface area contributed by atoms with Crippen LogP contribution in [0.3, 0.4) is 0 Å². The topological polar surface area (TPSA) is 41.1 Å². The van der Waals surface area contributed by atoms with Gasteiger partial charge < -0.3 is 4.79 Å². The normalized spacial score (nSPS) is 13.6. The Hall–Kier alpha value is -0.410. The molecule has 0 unspecified atom stereocenters. The molecule has 0 aliphatic carbocycles. The summed E-state index contributed by atoms with van der Waals surface area (Å²) in [6.07, 6.45) is 1.81. The Kier molecular flexibility index (Phi) is 5.16. The van der Waals surface area contributed by atoms with Crippen LogP contribution in [0.1, 0.15) is 20.3 Å². The van der Waals surface area contributed by atoms with Gasteiger partial charge in [0.2, 0.25) is 0 Å². The summed E-state index contributed by atoms with van der Waals surface area (Å²) in [6.45, 7) is 4.18. The Morgan fingerprint density at radius 2 is 2.10 bits per heavy atom. The van der Waals surface area contributed by atoms with E-state index in [0.717, 1.165) is 12.7 Å². The van der Waals surface area contributed by atoms with Crippen molar-refractivity contribution in [1.29, 1.82) is 0 Å².